The Kier molecular flexibility index (Phi) is 3.66. The van der Waals surface area contributed by atoms with Crippen molar-refractivity contribution in [2.75, 3.05) is 18.9 Å². The van der Waals surface area contributed by atoms with Crippen molar-refractivity contribution in [2.24, 2.45) is 5.41 Å². The summed E-state index contributed by atoms with van der Waals surface area (Å²) in [6.07, 6.45) is 3.14. The fourth-order valence-electron chi connectivity index (χ4n) is 2.05. The molecular formula is C11H15BrN2OS. The molecule has 0 spiro atoms. The minimum absolute atomic E-state index is 0.155. The summed E-state index contributed by atoms with van der Waals surface area (Å²) in [5.41, 5.74) is -0.175. The number of hydrogen-bond donors (Lipinski definition) is 2. The van der Waals surface area contributed by atoms with Gasteiger partial charge in [0, 0.05) is 16.4 Å². The van der Waals surface area contributed by atoms with Crippen LogP contribution < -0.4 is 10.6 Å². The molecule has 0 unspecified atom stereocenters. The Labute approximate surface area is 108 Å². The SMILES string of the molecule is CNCC1(C(=O)Nc2cc(Br)cs2)CCC1. The summed E-state index contributed by atoms with van der Waals surface area (Å²) in [6.45, 7) is 0.769. The molecule has 1 fully saturated rings. The lowest BCUT2D eigenvalue weighted by Crippen LogP contribution is -2.48. The third kappa shape index (κ3) is 2.31. The molecule has 1 saturated carbocycles. The molecule has 0 atom stereocenters. The van der Waals surface area contributed by atoms with E-state index in [0.29, 0.717) is 0 Å². The van der Waals surface area contributed by atoms with E-state index < -0.39 is 0 Å². The van der Waals surface area contributed by atoms with Gasteiger partial charge in [0.2, 0.25) is 5.91 Å². The first kappa shape index (κ1) is 12.1. The van der Waals surface area contributed by atoms with Crippen molar-refractivity contribution in [3.05, 3.63) is 15.9 Å². The summed E-state index contributed by atoms with van der Waals surface area (Å²) in [5, 5.41) is 9.00. The molecule has 1 aromatic rings. The van der Waals surface area contributed by atoms with Crippen LogP contribution in [0, 0.1) is 5.41 Å². The number of carbonyl (C=O) groups excluding carboxylic acids is 1. The molecule has 1 aliphatic rings. The third-order valence-corrected chi connectivity index (χ3v) is 4.72. The van der Waals surface area contributed by atoms with Gasteiger partial charge in [-0.05, 0) is 41.9 Å². The first-order valence-corrected chi connectivity index (χ1v) is 7.04. The molecule has 0 aliphatic heterocycles. The van der Waals surface area contributed by atoms with Crippen LogP contribution in [0.4, 0.5) is 5.00 Å². The Balaban J connectivity index is 2.01. The van der Waals surface area contributed by atoms with Gasteiger partial charge in [-0.15, -0.1) is 11.3 Å². The second kappa shape index (κ2) is 4.85. The van der Waals surface area contributed by atoms with Crippen molar-refractivity contribution in [1.82, 2.24) is 5.32 Å². The van der Waals surface area contributed by atoms with E-state index in [-0.39, 0.29) is 11.3 Å². The van der Waals surface area contributed by atoms with Gasteiger partial charge in [0.15, 0.2) is 0 Å². The summed E-state index contributed by atoms with van der Waals surface area (Å²) in [4.78, 5) is 12.2. The van der Waals surface area contributed by atoms with Gasteiger partial charge < -0.3 is 10.6 Å². The molecule has 2 N–H and O–H groups in total. The maximum atomic E-state index is 12.2. The number of nitrogens with one attached hydrogen (secondary N) is 2. The van der Waals surface area contributed by atoms with Gasteiger partial charge in [-0.25, -0.2) is 0 Å². The number of hydrogen-bond acceptors (Lipinski definition) is 3. The monoisotopic (exact) mass is 302 g/mol. The Morgan fingerprint density at radius 1 is 1.62 bits per heavy atom. The van der Waals surface area contributed by atoms with Crippen molar-refractivity contribution >= 4 is 38.2 Å². The highest BCUT2D eigenvalue weighted by Gasteiger charge is 2.43. The molecule has 5 heteroatoms. The Morgan fingerprint density at radius 3 is 2.81 bits per heavy atom. The zero-order chi connectivity index (χ0) is 11.6. The standard InChI is InChI=1S/C11H15BrN2OS/c1-13-7-11(3-2-4-11)10(15)14-9-5-8(12)6-16-9/h5-6,13H,2-4,7H2,1H3,(H,14,15). The first-order chi connectivity index (χ1) is 7.66. The van der Waals surface area contributed by atoms with E-state index in [1.807, 2.05) is 18.5 Å². The maximum Gasteiger partial charge on any atom is 0.232 e. The minimum Gasteiger partial charge on any atom is -0.319 e. The van der Waals surface area contributed by atoms with Crippen molar-refractivity contribution < 1.29 is 4.79 Å². The predicted octanol–water partition coefficient (Wildman–Crippen LogP) is 2.84. The predicted molar refractivity (Wildman–Crippen MR) is 70.9 cm³/mol. The highest BCUT2D eigenvalue weighted by atomic mass is 79.9. The Bertz CT molecular complexity index is 387. The minimum atomic E-state index is -0.175. The number of amides is 1. The van der Waals surface area contributed by atoms with Crippen LogP contribution in [0.2, 0.25) is 0 Å². The molecule has 1 heterocycles. The second-order valence-electron chi connectivity index (χ2n) is 4.25. The number of anilines is 1. The Hall–Kier alpha value is -0.390. The zero-order valence-electron chi connectivity index (χ0n) is 9.18. The molecule has 88 valence electrons. The highest BCUT2D eigenvalue weighted by molar-refractivity contribution is 9.10. The van der Waals surface area contributed by atoms with E-state index in [4.69, 9.17) is 0 Å². The van der Waals surface area contributed by atoms with Gasteiger partial charge in [-0.3, -0.25) is 4.79 Å². The first-order valence-electron chi connectivity index (χ1n) is 5.36. The summed E-state index contributed by atoms with van der Waals surface area (Å²) < 4.78 is 1.02. The lowest BCUT2D eigenvalue weighted by atomic mass is 9.68. The number of halogens is 1. The second-order valence-corrected chi connectivity index (χ2v) is 6.07. The zero-order valence-corrected chi connectivity index (χ0v) is 11.6. The van der Waals surface area contributed by atoms with Crippen LogP contribution in [0.5, 0.6) is 0 Å². The number of rotatable bonds is 4. The normalized spacial score (nSPS) is 17.9. The molecule has 0 aromatic carbocycles. The van der Waals surface area contributed by atoms with Gasteiger partial charge in [0.1, 0.15) is 0 Å². The van der Waals surface area contributed by atoms with Gasteiger partial charge in [-0.2, -0.15) is 0 Å². The van der Waals surface area contributed by atoms with Gasteiger partial charge >= 0.3 is 0 Å². The van der Waals surface area contributed by atoms with E-state index >= 15 is 0 Å². The topological polar surface area (TPSA) is 41.1 Å². The van der Waals surface area contributed by atoms with Crippen LogP contribution in [0.25, 0.3) is 0 Å². The summed E-state index contributed by atoms with van der Waals surface area (Å²) in [6, 6.07) is 1.94. The summed E-state index contributed by atoms with van der Waals surface area (Å²) in [7, 11) is 1.90. The number of carbonyl (C=O) groups is 1. The average Bonchev–Trinajstić information content (AvgIpc) is 2.57. The van der Waals surface area contributed by atoms with Crippen molar-refractivity contribution in [2.45, 2.75) is 19.3 Å². The smallest absolute Gasteiger partial charge is 0.232 e. The van der Waals surface area contributed by atoms with E-state index in [1.165, 1.54) is 0 Å². The van der Waals surface area contributed by atoms with Crippen LogP contribution in [-0.2, 0) is 4.79 Å². The quantitative estimate of drug-likeness (QED) is 0.898. The Morgan fingerprint density at radius 2 is 2.38 bits per heavy atom. The fourth-order valence-corrected chi connectivity index (χ4v) is 3.36. The highest BCUT2D eigenvalue weighted by Crippen LogP contribution is 2.41. The molecule has 1 aliphatic carbocycles. The van der Waals surface area contributed by atoms with E-state index in [1.54, 1.807) is 11.3 Å². The van der Waals surface area contributed by atoms with E-state index in [2.05, 4.69) is 26.6 Å². The van der Waals surface area contributed by atoms with E-state index in [0.717, 1.165) is 35.3 Å². The maximum absolute atomic E-state index is 12.2. The van der Waals surface area contributed by atoms with Crippen molar-refractivity contribution in [3.63, 3.8) is 0 Å². The largest absolute Gasteiger partial charge is 0.319 e. The summed E-state index contributed by atoms with van der Waals surface area (Å²) >= 11 is 4.93. The molecule has 16 heavy (non-hydrogen) atoms. The summed E-state index contributed by atoms with van der Waals surface area (Å²) in [5.74, 6) is 0.155. The van der Waals surface area contributed by atoms with Crippen LogP contribution in [0.3, 0.4) is 0 Å². The molecular weight excluding hydrogens is 288 g/mol. The fraction of sp³-hybridized carbons (Fsp3) is 0.545. The third-order valence-electron chi connectivity index (χ3n) is 3.11. The number of thiophene rings is 1. The van der Waals surface area contributed by atoms with Gasteiger partial charge in [0.25, 0.3) is 0 Å². The van der Waals surface area contributed by atoms with Crippen molar-refractivity contribution in [3.8, 4) is 0 Å². The molecule has 0 radical (unpaired) electrons. The van der Waals surface area contributed by atoms with Crippen LogP contribution in [-0.4, -0.2) is 19.5 Å². The molecule has 1 aromatic heterocycles. The average molecular weight is 303 g/mol. The van der Waals surface area contributed by atoms with Gasteiger partial charge in [-0.1, -0.05) is 6.42 Å². The van der Waals surface area contributed by atoms with Crippen molar-refractivity contribution in [1.29, 1.82) is 0 Å². The van der Waals surface area contributed by atoms with Gasteiger partial charge in [0.05, 0.1) is 10.4 Å². The van der Waals surface area contributed by atoms with Crippen LogP contribution >= 0.6 is 27.3 Å². The van der Waals surface area contributed by atoms with E-state index in [9.17, 15) is 4.79 Å². The van der Waals surface area contributed by atoms with Crippen LogP contribution in [0.1, 0.15) is 19.3 Å². The molecule has 3 nitrogen and oxygen atoms in total. The lowest BCUT2D eigenvalue weighted by molar-refractivity contribution is -0.129. The lowest BCUT2D eigenvalue weighted by Gasteiger charge is -2.39. The molecule has 0 bridgehead atoms. The molecule has 2 rings (SSSR count). The molecule has 1 amide bonds. The molecule has 0 saturated heterocycles. The van der Waals surface area contributed by atoms with Crippen LogP contribution in [0.15, 0.2) is 15.9 Å².